The highest BCUT2D eigenvalue weighted by molar-refractivity contribution is 6.23. The fraction of sp³-hybridized carbons (Fsp3) is 0.118. The lowest BCUT2D eigenvalue weighted by molar-refractivity contribution is -0.116. The predicted octanol–water partition coefficient (Wildman–Crippen LogP) is 2.40. The summed E-state index contributed by atoms with van der Waals surface area (Å²) < 4.78 is 0. The van der Waals surface area contributed by atoms with Crippen LogP contribution < -0.4 is 11.1 Å². The first-order valence-corrected chi connectivity index (χ1v) is 6.56. The lowest BCUT2D eigenvalue weighted by atomic mass is 9.88. The number of nitrogens with one attached hydrogen (secondary N) is 1. The number of hydrogen-bond acceptors (Lipinski definition) is 2. The zero-order valence-corrected chi connectivity index (χ0v) is 11.3. The van der Waals surface area contributed by atoms with Crippen molar-refractivity contribution in [1.82, 2.24) is 5.32 Å². The van der Waals surface area contributed by atoms with Crippen LogP contribution in [0, 0.1) is 0 Å². The van der Waals surface area contributed by atoms with E-state index in [1.54, 1.807) is 0 Å². The van der Waals surface area contributed by atoms with E-state index in [2.05, 4.69) is 5.32 Å². The summed E-state index contributed by atoms with van der Waals surface area (Å²) in [7, 11) is 0. The number of hydrogen-bond donors (Lipinski definition) is 2. The van der Waals surface area contributed by atoms with Gasteiger partial charge in [-0.1, -0.05) is 60.7 Å². The topological polar surface area (TPSA) is 55.1 Å². The molecule has 0 saturated carbocycles. The minimum absolute atomic E-state index is 0.125. The molecule has 1 heterocycles. The van der Waals surface area contributed by atoms with E-state index in [1.807, 2.05) is 67.6 Å². The third-order valence-corrected chi connectivity index (χ3v) is 3.81. The fourth-order valence-electron chi connectivity index (χ4n) is 2.62. The van der Waals surface area contributed by atoms with Crippen molar-refractivity contribution >= 4 is 11.5 Å². The Hall–Kier alpha value is -2.55. The molecular formula is C17H16N2O. The molecule has 1 aliphatic heterocycles. The van der Waals surface area contributed by atoms with Gasteiger partial charge in [0.05, 0.1) is 11.3 Å². The van der Waals surface area contributed by atoms with Crippen molar-refractivity contribution in [2.45, 2.75) is 12.5 Å². The number of nitrogens with two attached hydrogens (primary N) is 1. The molecule has 0 radical (unpaired) electrons. The Morgan fingerprint density at radius 1 is 0.950 bits per heavy atom. The van der Waals surface area contributed by atoms with Gasteiger partial charge in [0.2, 0.25) is 0 Å². The maximum absolute atomic E-state index is 12.3. The summed E-state index contributed by atoms with van der Waals surface area (Å²) in [5, 5.41) is 3.01. The number of amides is 1. The first-order valence-electron chi connectivity index (χ1n) is 6.56. The maximum Gasteiger partial charge on any atom is 0.254 e. The minimum Gasteiger partial charge on any atom is -0.399 e. The molecule has 0 bridgehead atoms. The smallest absolute Gasteiger partial charge is 0.254 e. The molecule has 0 saturated heterocycles. The molecule has 1 aliphatic rings. The van der Waals surface area contributed by atoms with Crippen molar-refractivity contribution in [2.75, 3.05) is 0 Å². The molecule has 1 unspecified atom stereocenters. The minimum atomic E-state index is -0.649. The third-order valence-electron chi connectivity index (χ3n) is 3.81. The van der Waals surface area contributed by atoms with Gasteiger partial charge in [0, 0.05) is 0 Å². The Morgan fingerprint density at radius 2 is 1.50 bits per heavy atom. The molecule has 2 aromatic carbocycles. The zero-order valence-electron chi connectivity index (χ0n) is 11.3. The van der Waals surface area contributed by atoms with Crippen LogP contribution in [0.25, 0.3) is 5.57 Å². The van der Waals surface area contributed by atoms with Crippen LogP contribution in [0.4, 0.5) is 0 Å². The van der Waals surface area contributed by atoms with Gasteiger partial charge in [-0.05, 0) is 18.1 Å². The number of carbonyl (C=O) groups is 1. The van der Waals surface area contributed by atoms with Gasteiger partial charge in [-0.2, -0.15) is 0 Å². The van der Waals surface area contributed by atoms with Crippen molar-refractivity contribution in [1.29, 1.82) is 0 Å². The molecule has 2 aromatic rings. The maximum atomic E-state index is 12.3. The van der Waals surface area contributed by atoms with Crippen LogP contribution in [0.5, 0.6) is 0 Å². The van der Waals surface area contributed by atoms with Gasteiger partial charge < -0.3 is 11.1 Å². The molecule has 0 aliphatic carbocycles. The molecule has 0 aromatic heterocycles. The molecule has 0 spiro atoms. The van der Waals surface area contributed by atoms with Crippen molar-refractivity contribution in [3.05, 3.63) is 77.5 Å². The monoisotopic (exact) mass is 264 g/mol. The van der Waals surface area contributed by atoms with Crippen molar-refractivity contribution in [2.24, 2.45) is 5.73 Å². The molecule has 1 amide bonds. The van der Waals surface area contributed by atoms with Crippen LogP contribution in [0.2, 0.25) is 0 Å². The lowest BCUT2D eigenvalue weighted by Gasteiger charge is -2.26. The number of carbonyl (C=O) groups excluding carboxylic acids is 1. The summed E-state index contributed by atoms with van der Waals surface area (Å²) in [5.74, 6) is -0.125. The lowest BCUT2D eigenvalue weighted by Crippen LogP contribution is -2.40. The summed E-state index contributed by atoms with van der Waals surface area (Å²) >= 11 is 0. The van der Waals surface area contributed by atoms with E-state index >= 15 is 0 Å². The summed E-state index contributed by atoms with van der Waals surface area (Å²) in [6.07, 6.45) is 0. The van der Waals surface area contributed by atoms with Crippen molar-refractivity contribution < 1.29 is 4.79 Å². The first-order chi connectivity index (χ1) is 9.63. The van der Waals surface area contributed by atoms with Crippen LogP contribution >= 0.6 is 0 Å². The van der Waals surface area contributed by atoms with Gasteiger partial charge >= 0.3 is 0 Å². The second-order valence-corrected chi connectivity index (χ2v) is 5.10. The Balaban J connectivity index is 2.14. The fourth-order valence-corrected chi connectivity index (χ4v) is 2.62. The van der Waals surface area contributed by atoms with Crippen LogP contribution in [-0.4, -0.2) is 5.91 Å². The van der Waals surface area contributed by atoms with E-state index in [1.165, 1.54) is 0 Å². The van der Waals surface area contributed by atoms with E-state index in [0.29, 0.717) is 11.3 Å². The summed E-state index contributed by atoms with van der Waals surface area (Å²) in [6.45, 7) is 1.94. The summed E-state index contributed by atoms with van der Waals surface area (Å²) in [6, 6.07) is 19.3. The van der Waals surface area contributed by atoms with Gasteiger partial charge in [-0.3, -0.25) is 4.79 Å². The van der Waals surface area contributed by atoms with E-state index in [0.717, 1.165) is 11.1 Å². The average molecular weight is 264 g/mol. The Labute approximate surface area is 118 Å². The number of benzene rings is 2. The van der Waals surface area contributed by atoms with Crippen LogP contribution in [-0.2, 0) is 10.3 Å². The second-order valence-electron chi connectivity index (χ2n) is 5.10. The molecular weight excluding hydrogens is 248 g/mol. The standard InChI is InChI=1S/C17H16N2O/c1-17(13-10-6-3-7-11-13)15(18)14(16(20)19-17)12-8-4-2-5-9-12/h2-11H,18H2,1H3,(H,19,20). The molecule has 100 valence electrons. The van der Waals surface area contributed by atoms with Crippen LogP contribution in [0.3, 0.4) is 0 Å². The van der Waals surface area contributed by atoms with Crippen molar-refractivity contribution in [3.8, 4) is 0 Å². The second kappa shape index (κ2) is 4.53. The highest BCUT2D eigenvalue weighted by Crippen LogP contribution is 2.36. The molecule has 3 heteroatoms. The van der Waals surface area contributed by atoms with E-state index < -0.39 is 5.54 Å². The number of rotatable bonds is 2. The Kier molecular flexibility index (Phi) is 2.83. The normalized spacial score (nSPS) is 21.9. The molecule has 0 fully saturated rings. The molecule has 20 heavy (non-hydrogen) atoms. The zero-order chi connectivity index (χ0) is 14.2. The largest absolute Gasteiger partial charge is 0.399 e. The predicted molar refractivity (Wildman–Crippen MR) is 79.5 cm³/mol. The Bertz CT molecular complexity index is 677. The highest BCUT2D eigenvalue weighted by Gasteiger charge is 2.41. The van der Waals surface area contributed by atoms with Gasteiger partial charge in [-0.15, -0.1) is 0 Å². The van der Waals surface area contributed by atoms with Gasteiger partial charge in [-0.25, -0.2) is 0 Å². The molecule has 3 nitrogen and oxygen atoms in total. The molecule has 1 atom stereocenters. The summed E-state index contributed by atoms with van der Waals surface area (Å²) in [5.41, 5.74) is 8.63. The Morgan fingerprint density at radius 3 is 2.10 bits per heavy atom. The van der Waals surface area contributed by atoms with Crippen LogP contribution in [0.15, 0.2) is 66.4 Å². The quantitative estimate of drug-likeness (QED) is 0.875. The van der Waals surface area contributed by atoms with Gasteiger partial charge in [0.1, 0.15) is 5.54 Å². The molecule has 3 rings (SSSR count). The SMILES string of the molecule is CC1(c2ccccc2)NC(=O)C(c2ccccc2)=C1N. The van der Waals surface area contributed by atoms with E-state index in [-0.39, 0.29) is 5.91 Å². The average Bonchev–Trinajstić information content (AvgIpc) is 2.72. The molecule has 3 N–H and O–H groups in total. The van der Waals surface area contributed by atoms with Gasteiger partial charge in [0.25, 0.3) is 5.91 Å². The first kappa shape index (κ1) is 12.5. The van der Waals surface area contributed by atoms with E-state index in [4.69, 9.17) is 5.73 Å². The summed E-state index contributed by atoms with van der Waals surface area (Å²) in [4.78, 5) is 12.3. The van der Waals surface area contributed by atoms with Crippen LogP contribution in [0.1, 0.15) is 18.1 Å². The van der Waals surface area contributed by atoms with Gasteiger partial charge in [0.15, 0.2) is 0 Å². The highest BCUT2D eigenvalue weighted by atomic mass is 16.2. The third kappa shape index (κ3) is 1.79. The van der Waals surface area contributed by atoms with E-state index in [9.17, 15) is 4.79 Å². The van der Waals surface area contributed by atoms with Crippen molar-refractivity contribution in [3.63, 3.8) is 0 Å².